The second-order valence-corrected chi connectivity index (χ2v) is 4.77. The van der Waals surface area contributed by atoms with Gasteiger partial charge in [0.05, 0.1) is 13.2 Å². The molecule has 1 aromatic carbocycles. The molecule has 0 heterocycles. The second kappa shape index (κ2) is 8.59. The van der Waals surface area contributed by atoms with Gasteiger partial charge >= 0.3 is 5.97 Å². The smallest absolute Gasteiger partial charge is 0.323 e. The average Bonchev–Trinajstić information content (AvgIpc) is 2.42. The van der Waals surface area contributed by atoms with E-state index >= 15 is 0 Å². The topological polar surface area (TPSA) is 47.6 Å². The Morgan fingerprint density at radius 1 is 1.30 bits per heavy atom. The van der Waals surface area contributed by atoms with Crippen LogP contribution in [0.4, 0.5) is 0 Å². The fraction of sp³-hybridized carbons (Fsp3) is 0.562. The van der Waals surface area contributed by atoms with Crippen LogP contribution in [-0.2, 0) is 9.53 Å². The summed E-state index contributed by atoms with van der Waals surface area (Å²) in [6, 6.07) is 5.81. The molecular formula is C16H25NO3. The lowest BCUT2D eigenvalue weighted by Gasteiger charge is -2.17. The van der Waals surface area contributed by atoms with Crippen molar-refractivity contribution in [2.24, 2.45) is 0 Å². The van der Waals surface area contributed by atoms with Crippen molar-refractivity contribution in [1.29, 1.82) is 0 Å². The predicted molar refractivity (Wildman–Crippen MR) is 80.1 cm³/mol. The minimum Gasteiger partial charge on any atom is -0.493 e. The number of esters is 1. The number of nitrogens with one attached hydrogen (secondary N) is 1. The Hall–Kier alpha value is -1.55. The van der Waals surface area contributed by atoms with Crippen molar-refractivity contribution >= 4 is 5.97 Å². The van der Waals surface area contributed by atoms with Crippen LogP contribution in [0.3, 0.4) is 0 Å². The van der Waals surface area contributed by atoms with Gasteiger partial charge in [-0.2, -0.15) is 0 Å². The molecule has 4 nitrogen and oxygen atoms in total. The highest BCUT2D eigenvalue weighted by Crippen LogP contribution is 2.19. The van der Waals surface area contributed by atoms with Crippen molar-refractivity contribution in [3.05, 3.63) is 29.3 Å². The molecule has 0 bridgehead atoms. The zero-order chi connectivity index (χ0) is 15.0. The number of hydrogen-bond donors (Lipinski definition) is 1. The molecule has 0 saturated heterocycles. The SMILES string of the molecule is CCNC(CCOc1cc(C)ccc1C)C(=O)OCC. The fourth-order valence-corrected chi connectivity index (χ4v) is 1.94. The molecule has 1 unspecified atom stereocenters. The molecular weight excluding hydrogens is 254 g/mol. The number of likely N-dealkylation sites (N-methyl/N-ethyl adjacent to an activating group) is 1. The summed E-state index contributed by atoms with van der Waals surface area (Å²) >= 11 is 0. The number of carbonyl (C=O) groups is 1. The number of hydrogen-bond acceptors (Lipinski definition) is 4. The lowest BCUT2D eigenvalue weighted by molar-refractivity contribution is -0.146. The number of carbonyl (C=O) groups excluding carboxylic acids is 1. The Balaban J connectivity index is 2.51. The van der Waals surface area contributed by atoms with Crippen molar-refractivity contribution in [1.82, 2.24) is 5.32 Å². The third-order valence-corrected chi connectivity index (χ3v) is 3.03. The van der Waals surface area contributed by atoms with E-state index in [9.17, 15) is 4.79 Å². The molecule has 0 aliphatic rings. The second-order valence-electron chi connectivity index (χ2n) is 4.77. The van der Waals surface area contributed by atoms with Crippen molar-refractivity contribution in [3.8, 4) is 5.75 Å². The Labute approximate surface area is 121 Å². The number of ether oxygens (including phenoxy) is 2. The Bertz CT molecular complexity index is 432. The summed E-state index contributed by atoms with van der Waals surface area (Å²) in [5, 5.41) is 3.12. The molecule has 0 aliphatic carbocycles. The van der Waals surface area contributed by atoms with Gasteiger partial charge in [-0.3, -0.25) is 4.79 Å². The Morgan fingerprint density at radius 3 is 2.70 bits per heavy atom. The quantitative estimate of drug-likeness (QED) is 0.743. The van der Waals surface area contributed by atoms with Gasteiger partial charge in [0.15, 0.2) is 0 Å². The zero-order valence-electron chi connectivity index (χ0n) is 12.9. The first-order valence-electron chi connectivity index (χ1n) is 7.18. The van der Waals surface area contributed by atoms with Crippen molar-refractivity contribution < 1.29 is 14.3 Å². The van der Waals surface area contributed by atoms with E-state index in [1.807, 2.05) is 39.8 Å². The molecule has 0 spiro atoms. The third kappa shape index (κ3) is 5.21. The van der Waals surface area contributed by atoms with E-state index in [1.165, 1.54) is 5.56 Å². The molecule has 1 aromatic rings. The average molecular weight is 279 g/mol. The lowest BCUT2D eigenvalue weighted by Crippen LogP contribution is -2.39. The molecule has 0 amide bonds. The van der Waals surface area contributed by atoms with E-state index in [1.54, 1.807) is 0 Å². The molecule has 0 saturated carbocycles. The molecule has 0 radical (unpaired) electrons. The molecule has 4 heteroatoms. The standard InChI is InChI=1S/C16H25NO3/c1-5-17-14(16(18)19-6-2)9-10-20-15-11-12(3)7-8-13(15)4/h7-8,11,14,17H,5-6,9-10H2,1-4H3. The first-order valence-corrected chi connectivity index (χ1v) is 7.18. The van der Waals surface area contributed by atoms with Crippen LogP contribution in [0.15, 0.2) is 18.2 Å². The Kier molecular flexibility index (Phi) is 7.09. The van der Waals surface area contributed by atoms with Gasteiger partial charge in [-0.1, -0.05) is 19.1 Å². The monoisotopic (exact) mass is 279 g/mol. The fourth-order valence-electron chi connectivity index (χ4n) is 1.94. The van der Waals surface area contributed by atoms with Crippen LogP contribution in [0.1, 0.15) is 31.4 Å². The molecule has 1 atom stereocenters. The first kappa shape index (κ1) is 16.5. The maximum Gasteiger partial charge on any atom is 0.323 e. The van der Waals surface area contributed by atoms with E-state index in [-0.39, 0.29) is 12.0 Å². The zero-order valence-corrected chi connectivity index (χ0v) is 12.9. The molecule has 20 heavy (non-hydrogen) atoms. The number of aryl methyl sites for hydroxylation is 2. The highest BCUT2D eigenvalue weighted by atomic mass is 16.5. The van der Waals surface area contributed by atoms with E-state index in [0.717, 1.165) is 17.9 Å². The van der Waals surface area contributed by atoms with E-state index < -0.39 is 0 Å². The molecule has 0 aliphatic heterocycles. The third-order valence-electron chi connectivity index (χ3n) is 3.03. The van der Waals surface area contributed by atoms with E-state index in [4.69, 9.17) is 9.47 Å². The van der Waals surface area contributed by atoms with Crippen LogP contribution in [-0.4, -0.2) is 31.8 Å². The summed E-state index contributed by atoms with van der Waals surface area (Å²) in [6.07, 6.45) is 0.597. The molecule has 1 rings (SSSR count). The maximum atomic E-state index is 11.8. The molecule has 1 N–H and O–H groups in total. The summed E-state index contributed by atoms with van der Waals surface area (Å²) in [5.74, 6) is 0.669. The normalized spacial score (nSPS) is 12.0. The van der Waals surface area contributed by atoms with Gasteiger partial charge in [-0.25, -0.2) is 0 Å². The van der Waals surface area contributed by atoms with Crippen LogP contribution in [0, 0.1) is 13.8 Å². The van der Waals surface area contributed by atoms with Crippen LogP contribution >= 0.6 is 0 Å². The summed E-state index contributed by atoms with van der Waals surface area (Å²) in [5.41, 5.74) is 2.27. The minimum atomic E-state index is -0.301. The van der Waals surface area contributed by atoms with Gasteiger partial charge in [0, 0.05) is 6.42 Å². The molecule has 112 valence electrons. The minimum absolute atomic E-state index is 0.209. The van der Waals surface area contributed by atoms with Crippen molar-refractivity contribution in [2.75, 3.05) is 19.8 Å². The van der Waals surface area contributed by atoms with Gasteiger partial charge in [0.1, 0.15) is 11.8 Å². The lowest BCUT2D eigenvalue weighted by atomic mass is 10.1. The predicted octanol–water partition coefficient (Wildman–Crippen LogP) is 2.61. The van der Waals surface area contributed by atoms with Gasteiger partial charge in [-0.05, 0) is 44.5 Å². The highest BCUT2D eigenvalue weighted by molar-refractivity contribution is 5.75. The Morgan fingerprint density at radius 2 is 2.05 bits per heavy atom. The maximum absolute atomic E-state index is 11.8. The summed E-state index contributed by atoms with van der Waals surface area (Å²) < 4.78 is 10.8. The van der Waals surface area contributed by atoms with Crippen molar-refractivity contribution in [2.45, 2.75) is 40.2 Å². The van der Waals surface area contributed by atoms with Gasteiger partial charge in [0.2, 0.25) is 0 Å². The van der Waals surface area contributed by atoms with E-state index in [0.29, 0.717) is 19.6 Å². The van der Waals surface area contributed by atoms with Crippen LogP contribution < -0.4 is 10.1 Å². The first-order chi connectivity index (χ1) is 9.58. The number of benzene rings is 1. The van der Waals surface area contributed by atoms with Crippen LogP contribution in [0.5, 0.6) is 5.75 Å². The summed E-state index contributed by atoms with van der Waals surface area (Å²) in [4.78, 5) is 11.8. The van der Waals surface area contributed by atoms with E-state index in [2.05, 4.69) is 11.4 Å². The van der Waals surface area contributed by atoms with Crippen LogP contribution in [0.2, 0.25) is 0 Å². The molecule has 0 aromatic heterocycles. The summed E-state index contributed by atoms with van der Waals surface area (Å²) in [6.45, 7) is 9.45. The van der Waals surface area contributed by atoms with Gasteiger partial charge < -0.3 is 14.8 Å². The van der Waals surface area contributed by atoms with Crippen LogP contribution in [0.25, 0.3) is 0 Å². The summed E-state index contributed by atoms with van der Waals surface area (Å²) in [7, 11) is 0. The highest BCUT2D eigenvalue weighted by Gasteiger charge is 2.18. The van der Waals surface area contributed by atoms with Crippen molar-refractivity contribution in [3.63, 3.8) is 0 Å². The largest absolute Gasteiger partial charge is 0.493 e. The van der Waals surface area contributed by atoms with Gasteiger partial charge in [-0.15, -0.1) is 0 Å². The molecule has 0 fully saturated rings. The van der Waals surface area contributed by atoms with Gasteiger partial charge in [0.25, 0.3) is 0 Å². The number of rotatable bonds is 8.